The molecule has 4 nitrogen and oxygen atoms in total. The molecule has 1 fully saturated rings. The summed E-state index contributed by atoms with van der Waals surface area (Å²) in [6.07, 6.45) is 5.14. The van der Waals surface area contributed by atoms with E-state index in [-0.39, 0.29) is 11.8 Å². The molecule has 1 amide bonds. The van der Waals surface area contributed by atoms with Gasteiger partial charge in [0.05, 0.1) is 11.8 Å². The molecule has 1 aromatic carbocycles. The first kappa shape index (κ1) is 15.9. The van der Waals surface area contributed by atoms with E-state index in [0.717, 1.165) is 18.4 Å². The van der Waals surface area contributed by atoms with Crippen LogP contribution < -0.4 is 5.32 Å². The molecule has 0 saturated heterocycles. The third kappa shape index (κ3) is 4.24. The summed E-state index contributed by atoms with van der Waals surface area (Å²) in [5.41, 5.74) is 1.03. The summed E-state index contributed by atoms with van der Waals surface area (Å²) in [5.74, 6) is -1.89. The highest BCUT2D eigenvalue weighted by Gasteiger charge is 2.35. The number of amides is 1. The van der Waals surface area contributed by atoms with Crippen molar-refractivity contribution in [1.29, 1.82) is 0 Å². The van der Waals surface area contributed by atoms with Crippen LogP contribution in [0.3, 0.4) is 0 Å². The lowest BCUT2D eigenvalue weighted by Gasteiger charge is -2.27. The van der Waals surface area contributed by atoms with Crippen LogP contribution in [0.1, 0.15) is 31.2 Å². The maximum absolute atomic E-state index is 12.2. The topological polar surface area (TPSA) is 66.4 Å². The second kappa shape index (κ2) is 7.50. The number of carbonyl (C=O) groups excluding carboxylic acids is 1. The van der Waals surface area contributed by atoms with Crippen molar-refractivity contribution in [1.82, 2.24) is 5.32 Å². The fourth-order valence-corrected chi connectivity index (χ4v) is 3.21. The monoisotopic (exact) mass is 307 g/mol. The molecule has 5 heteroatoms. The molecule has 0 bridgehead atoms. The molecule has 21 heavy (non-hydrogen) atoms. The van der Waals surface area contributed by atoms with Crippen molar-refractivity contribution in [2.24, 2.45) is 11.8 Å². The number of rotatable bonds is 5. The van der Waals surface area contributed by atoms with E-state index in [1.165, 1.54) is 4.90 Å². The van der Waals surface area contributed by atoms with Crippen molar-refractivity contribution in [2.45, 2.75) is 37.1 Å². The first-order chi connectivity index (χ1) is 10.1. The van der Waals surface area contributed by atoms with Gasteiger partial charge in [-0.05, 0) is 36.8 Å². The summed E-state index contributed by atoms with van der Waals surface area (Å²) >= 11 is 1.68. The number of hydrogen-bond acceptors (Lipinski definition) is 3. The largest absolute Gasteiger partial charge is 0.481 e. The van der Waals surface area contributed by atoms with Crippen LogP contribution in [0.25, 0.3) is 0 Å². The molecule has 1 aromatic rings. The van der Waals surface area contributed by atoms with E-state index >= 15 is 0 Å². The van der Waals surface area contributed by atoms with Gasteiger partial charge in [0.25, 0.3) is 0 Å². The van der Waals surface area contributed by atoms with E-state index in [0.29, 0.717) is 19.4 Å². The zero-order valence-electron chi connectivity index (χ0n) is 12.2. The molecule has 1 aliphatic rings. The van der Waals surface area contributed by atoms with Crippen molar-refractivity contribution in [3.63, 3.8) is 0 Å². The van der Waals surface area contributed by atoms with Gasteiger partial charge in [-0.2, -0.15) is 0 Å². The minimum atomic E-state index is -0.848. The molecule has 0 heterocycles. The summed E-state index contributed by atoms with van der Waals surface area (Å²) in [7, 11) is 0. The van der Waals surface area contributed by atoms with Gasteiger partial charge in [-0.25, -0.2) is 0 Å². The van der Waals surface area contributed by atoms with Gasteiger partial charge in [0.1, 0.15) is 0 Å². The maximum atomic E-state index is 12.2. The Balaban J connectivity index is 1.91. The smallest absolute Gasteiger partial charge is 0.307 e. The Hall–Kier alpha value is -1.49. The molecular weight excluding hydrogens is 286 g/mol. The first-order valence-corrected chi connectivity index (χ1v) is 8.47. The zero-order valence-corrected chi connectivity index (χ0v) is 13.0. The van der Waals surface area contributed by atoms with E-state index in [1.54, 1.807) is 11.8 Å². The summed E-state index contributed by atoms with van der Waals surface area (Å²) in [5, 5.41) is 12.1. The van der Waals surface area contributed by atoms with Crippen LogP contribution in [-0.2, 0) is 16.1 Å². The predicted molar refractivity (Wildman–Crippen MR) is 83.2 cm³/mol. The van der Waals surface area contributed by atoms with E-state index < -0.39 is 11.9 Å². The SMILES string of the molecule is CSc1ccc(CNC(=O)C2CCCCC2C(=O)O)cc1. The highest BCUT2D eigenvalue weighted by Crippen LogP contribution is 2.30. The summed E-state index contributed by atoms with van der Waals surface area (Å²) in [6, 6.07) is 8.02. The Morgan fingerprint density at radius 2 is 1.81 bits per heavy atom. The summed E-state index contributed by atoms with van der Waals surface area (Å²) in [6.45, 7) is 0.455. The average Bonchev–Trinajstić information content (AvgIpc) is 2.53. The van der Waals surface area contributed by atoms with Gasteiger partial charge in [-0.1, -0.05) is 25.0 Å². The van der Waals surface area contributed by atoms with E-state index in [2.05, 4.69) is 5.32 Å². The number of thioether (sulfide) groups is 1. The Kier molecular flexibility index (Phi) is 5.67. The Morgan fingerprint density at radius 1 is 1.19 bits per heavy atom. The molecule has 0 spiro atoms. The van der Waals surface area contributed by atoms with Gasteiger partial charge in [0.2, 0.25) is 5.91 Å². The quantitative estimate of drug-likeness (QED) is 0.821. The number of hydrogen-bond donors (Lipinski definition) is 2. The van der Waals surface area contributed by atoms with Crippen molar-refractivity contribution >= 4 is 23.6 Å². The number of nitrogens with one attached hydrogen (secondary N) is 1. The van der Waals surface area contributed by atoms with Gasteiger partial charge < -0.3 is 10.4 Å². The normalized spacial score (nSPS) is 21.8. The van der Waals surface area contributed by atoms with Crippen LogP contribution in [0, 0.1) is 11.8 Å². The molecule has 114 valence electrons. The van der Waals surface area contributed by atoms with Crippen LogP contribution in [0.5, 0.6) is 0 Å². The van der Waals surface area contributed by atoms with Crippen LogP contribution in [0.15, 0.2) is 29.2 Å². The van der Waals surface area contributed by atoms with Crippen molar-refractivity contribution < 1.29 is 14.7 Å². The molecular formula is C16H21NO3S. The molecule has 1 aliphatic carbocycles. The number of benzene rings is 1. The first-order valence-electron chi connectivity index (χ1n) is 7.25. The van der Waals surface area contributed by atoms with Gasteiger partial charge in [0.15, 0.2) is 0 Å². The Labute approximate surface area is 129 Å². The van der Waals surface area contributed by atoms with Crippen LogP contribution in [0.2, 0.25) is 0 Å². The zero-order chi connectivity index (χ0) is 15.2. The lowest BCUT2D eigenvalue weighted by molar-refractivity contribution is -0.148. The second-order valence-corrected chi connectivity index (χ2v) is 6.28. The van der Waals surface area contributed by atoms with E-state index in [4.69, 9.17) is 0 Å². The van der Waals surface area contributed by atoms with Crippen molar-refractivity contribution in [2.75, 3.05) is 6.26 Å². The Morgan fingerprint density at radius 3 is 2.38 bits per heavy atom. The molecule has 2 unspecified atom stereocenters. The van der Waals surface area contributed by atoms with Crippen molar-refractivity contribution in [3.05, 3.63) is 29.8 Å². The third-order valence-corrected chi connectivity index (χ3v) is 4.79. The second-order valence-electron chi connectivity index (χ2n) is 5.40. The van der Waals surface area contributed by atoms with Crippen LogP contribution in [0.4, 0.5) is 0 Å². The number of carboxylic acid groups (broad SMARTS) is 1. The van der Waals surface area contributed by atoms with Gasteiger partial charge in [-0.15, -0.1) is 11.8 Å². The number of carbonyl (C=O) groups is 2. The fraction of sp³-hybridized carbons (Fsp3) is 0.500. The standard InChI is InChI=1S/C16H21NO3S/c1-21-12-8-6-11(7-9-12)10-17-15(18)13-4-2-3-5-14(13)16(19)20/h6-9,13-14H,2-5,10H2,1H3,(H,17,18)(H,19,20). The molecule has 2 atom stereocenters. The minimum Gasteiger partial charge on any atom is -0.481 e. The molecule has 2 N–H and O–H groups in total. The van der Waals surface area contributed by atoms with Crippen LogP contribution in [-0.4, -0.2) is 23.2 Å². The lowest BCUT2D eigenvalue weighted by Crippen LogP contribution is -2.39. The van der Waals surface area contributed by atoms with E-state index in [9.17, 15) is 14.7 Å². The molecule has 2 rings (SSSR count). The molecule has 0 radical (unpaired) electrons. The van der Waals surface area contributed by atoms with Crippen molar-refractivity contribution in [3.8, 4) is 0 Å². The van der Waals surface area contributed by atoms with Gasteiger partial charge in [-0.3, -0.25) is 9.59 Å². The Bertz CT molecular complexity index is 501. The molecule has 0 aromatic heterocycles. The number of aliphatic carboxylic acids is 1. The summed E-state index contributed by atoms with van der Waals surface area (Å²) in [4.78, 5) is 24.6. The maximum Gasteiger partial charge on any atom is 0.307 e. The highest BCUT2D eigenvalue weighted by molar-refractivity contribution is 7.98. The highest BCUT2D eigenvalue weighted by atomic mass is 32.2. The van der Waals surface area contributed by atoms with Gasteiger partial charge in [0, 0.05) is 11.4 Å². The fourth-order valence-electron chi connectivity index (χ4n) is 2.80. The number of carboxylic acids is 1. The summed E-state index contributed by atoms with van der Waals surface area (Å²) < 4.78 is 0. The van der Waals surface area contributed by atoms with Gasteiger partial charge >= 0.3 is 5.97 Å². The van der Waals surface area contributed by atoms with Crippen LogP contribution >= 0.6 is 11.8 Å². The molecule has 1 saturated carbocycles. The molecule has 0 aliphatic heterocycles. The van der Waals surface area contributed by atoms with E-state index in [1.807, 2.05) is 30.5 Å². The predicted octanol–water partition coefficient (Wildman–Crippen LogP) is 2.92. The lowest BCUT2D eigenvalue weighted by atomic mass is 9.78. The third-order valence-electron chi connectivity index (χ3n) is 4.05. The average molecular weight is 307 g/mol. The minimum absolute atomic E-state index is 0.129.